The quantitative estimate of drug-likeness (QED) is 0.0439. The van der Waals surface area contributed by atoms with Gasteiger partial charge in [-0.3, -0.25) is 0 Å². The van der Waals surface area contributed by atoms with Crippen LogP contribution in [0.2, 0.25) is 0 Å². The molecule has 6 atom stereocenters. The van der Waals surface area contributed by atoms with Crippen molar-refractivity contribution in [2.45, 2.75) is 176 Å². The van der Waals surface area contributed by atoms with E-state index in [1.54, 1.807) is 0 Å². The number of hydrogen-bond acceptors (Lipinski definition) is 6. The topological polar surface area (TPSA) is 70.4 Å². The zero-order chi connectivity index (χ0) is 43.3. The van der Waals surface area contributed by atoms with Gasteiger partial charge in [-0.1, -0.05) is 80.1 Å². The molecule has 0 aliphatic carbocycles. The summed E-state index contributed by atoms with van der Waals surface area (Å²) in [6.45, 7) is 33.2. The Kier molecular flexibility index (Phi) is 32.2. The number of rotatable bonds is 40. The molecule has 0 spiro atoms. The fourth-order valence-electron chi connectivity index (χ4n) is 9.07. The van der Waals surface area contributed by atoms with Gasteiger partial charge in [-0.15, -0.1) is 0 Å². The molecule has 344 valence electrons. The van der Waals surface area contributed by atoms with Gasteiger partial charge in [-0.2, -0.15) is 0 Å². The second-order valence-electron chi connectivity index (χ2n) is 20.2. The number of aliphatic hydroxyl groups is 3. The highest BCUT2D eigenvalue weighted by atomic mass is 16.3. The van der Waals surface area contributed by atoms with Crippen molar-refractivity contribution in [2.75, 3.05) is 133 Å². The predicted molar refractivity (Wildman–Crippen MR) is 249 cm³/mol. The van der Waals surface area contributed by atoms with Crippen LogP contribution in [0, 0.1) is 5.92 Å². The van der Waals surface area contributed by atoms with Crippen LogP contribution in [0.5, 0.6) is 0 Å². The summed E-state index contributed by atoms with van der Waals surface area (Å²) < 4.78 is 2.92. The molecule has 0 saturated carbocycles. The van der Waals surface area contributed by atoms with Gasteiger partial charge in [0.25, 0.3) is 0 Å². The summed E-state index contributed by atoms with van der Waals surface area (Å²) in [7, 11) is 10.6. The molecular formula is C48H107N6O3+3. The average Bonchev–Trinajstić information content (AvgIpc) is 3.15. The van der Waals surface area contributed by atoms with E-state index >= 15 is 0 Å². The lowest BCUT2D eigenvalue weighted by Gasteiger charge is -2.49. The van der Waals surface area contributed by atoms with Gasteiger partial charge in [0.1, 0.15) is 64.1 Å². The molecule has 0 rings (SSSR count). The van der Waals surface area contributed by atoms with Gasteiger partial charge >= 0.3 is 0 Å². The molecule has 6 unspecified atom stereocenters. The monoisotopic (exact) mass is 816 g/mol. The summed E-state index contributed by atoms with van der Waals surface area (Å²) in [6, 6.07) is 0.443. The van der Waals surface area contributed by atoms with Crippen molar-refractivity contribution >= 4 is 0 Å². The Morgan fingerprint density at radius 1 is 0.439 bits per heavy atom. The van der Waals surface area contributed by atoms with Gasteiger partial charge in [0.15, 0.2) is 0 Å². The summed E-state index contributed by atoms with van der Waals surface area (Å²) in [5.41, 5.74) is 0. The van der Waals surface area contributed by atoms with E-state index in [0.717, 1.165) is 98.2 Å². The van der Waals surface area contributed by atoms with Crippen LogP contribution in [0.15, 0.2) is 0 Å². The zero-order valence-corrected chi connectivity index (χ0v) is 41.1. The Morgan fingerprint density at radius 2 is 0.877 bits per heavy atom. The van der Waals surface area contributed by atoms with Crippen LogP contribution in [-0.4, -0.2) is 201 Å². The van der Waals surface area contributed by atoms with E-state index < -0.39 is 12.2 Å². The number of hydrogen-bond donors (Lipinski definition) is 3. The van der Waals surface area contributed by atoms with E-state index in [-0.39, 0.29) is 6.10 Å². The largest absolute Gasteiger partial charge is 0.387 e. The molecule has 0 aromatic heterocycles. The SMILES string of the molecule is CCCCCC[N+](CCC(C)C)(CC[N+](CCCCCC)(CC(O)CCN(C)C)CC(O)CN(C)CC)CC[N+](CCCCCC)(CC(O)CCN(C)C)C(C)C. The molecule has 0 fully saturated rings. The van der Waals surface area contributed by atoms with Crippen LogP contribution in [-0.2, 0) is 0 Å². The van der Waals surface area contributed by atoms with E-state index in [1.807, 2.05) is 0 Å². The number of likely N-dealkylation sites (N-methyl/N-ethyl adjacent to an activating group) is 1. The highest BCUT2D eigenvalue weighted by Crippen LogP contribution is 2.25. The molecule has 0 aromatic rings. The summed E-state index contributed by atoms with van der Waals surface area (Å²) in [5, 5.41) is 35.2. The van der Waals surface area contributed by atoms with E-state index in [0.29, 0.717) is 31.6 Å². The zero-order valence-electron chi connectivity index (χ0n) is 41.1. The van der Waals surface area contributed by atoms with Gasteiger partial charge in [-0.05, 0) is 119 Å². The van der Waals surface area contributed by atoms with Crippen molar-refractivity contribution in [3.05, 3.63) is 0 Å². The lowest BCUT2D eigenvalue weighted by atomic mass is 10.0. The minimum absolute atomic E-state index is 0.304. The minimum Gasteiger partial charge on any atom is -0.387 e. The van der Waals surface area contributed by atoms with Gasteiger partial charge in [0, 0.05) is 19.6 Å². The smallest absolute Gasteiger partial charge is 0.129 e. The molecule has 0 aromatic carbocycles. The maximum atomic E-state index is 11.8. The molecular weight excluding hydrogens is 709 g/mol. The molecule has 0 saturated heterocycles. The van der Waals surface area contributed by atoms with E-state index in [9.17, 15) is 15.3 Å². The normalized spacial score (nSPS) is 17.4. The van der Waals surface area contributed by atoms with Crippen LogP contribution in [0.4, 0.5) is 0 Å². The Morgan fingerprint density at radius 3 is 1.33 bits per heavy atom. The fraction of sp³-hybridized carbons (Fsp3) is 1.00. The number of quaternary nitrogens is 3. The molecule has 9 nitrogen and oxygen atoms in total. The van der Waals surface area contributed by atoms with Crippen LogP contribution < -0.4 is 0 Å². The predicted octanol–water partition coefficient (Wildman–Crippen LogP) is 7.57. The lowest BCUT2D eigenvalue weighted by molar-refractivity contribution is -1.01. The third-order valence-electron chi connectivity index (χ3n) is 13.4. The Balaban J connectivity index is 7.24. The third-order valence-corrected chi connectivity index (χ3v) is 13.4. The number of aliphatic hydroxyl groups excluding tert-OH is 3. The van der Waals surface area contributed by atoms with Gasteiger partial charge in [-0.25, -0.2) is 0 Å². The maximum Gasteiger partial charge on any atom is 0.129 e. The van der Waals surface area contributed by atoms with Crippen molar-refractivity contribution in [3.63, 3.8) is 0 Å². The van der Waals surface area contributed by atoms with E-state index in [2.05, 4.69) is 105 Å². The van der Waals surface area contributed by atoms with Crippen LogP contribution in [0.3, 0.4) is 0 Å². The second kappa shape index (κ2) is 32.4. The second-order valence-corrected chi connectivity index (χ2v) is 20.2. The molecule has 0 bridgehead atoms. The Labute approximate surface area is 357 Å². The molecule has 57 heavy (non-hydrogen) atoms. The van der Waals surface area contributed by atoms with E-state index in [1.165, 1.54) is 90.1 Å². The molecule has 0 amide bonds. The standard InChI is InChI=1S/C48H107N6O3/c1-14-18-21-24-32-52(35-29-44(5)6,38-39-54(45(7)8,34-26-23-20-16-3)43-47(56)28-31-50(11)12)36-37-53(33-25-22-19-15-2,41-46(55)27-30-49(9)10)42-48(57)40-51(13)17-4/h44-48,55-57H,14-43H2,1-13H3/q+3. The van der Waals surface area contributed by atoms with Gasteiger partial charge in [0.05, 0.1) is 32.2 Å². The van der Waals surface area contributed by atoms with Crippen molar-refractivity contribution in [2.24, 2.45) is 5.92 Å². The lowest BCUT2D eigenvalue weighted by Crippen LogP contribution is -2.66. The van der Waals surface area contributed by atoms with Crippen LogP contribution >= 0.6 is 0 Å². The highest BCUT2D eigenvalue weighted by Gasteiger charge is 2.41. The highest BCUT2D eigenvalue weighted by molar-refractivity contribution is 4.67. The average molecular weight is 816 g/mol. The fourth-order valence-corrected chi connectivity index (χ4v) is 9.07. The first kappa shape index (κ1) is 56.6. The minimum atomic E-state index is -0.429. The van der Waals surface area contributed by atoms with Gasteiger partial charge < -0.3 is 43.5 Å². The Hall–Kier alpha value is -0.360. The van der Waals surface area contributed by atoms with E-state index in [4.69, 9.17) is 0 Å². The summed E-state index contributed by atoms with van der Waals surface area (Å²) >= 11 is 0. The molecule has 0 heterocycles. The first-order chi connectivity index (χ1) is 26.9. The maximum absolute atomic E-state index is 11.8. The summed E-state index contributed by atoms with van der Waals surface area (Å²) in [5.74, 6) is 0.636. The summed E-state index contributed by atoms with van der Waals surface area (Å²) in [4.78, 5) is 6.64. The molecule has 3 N–H and O–H groups in total. The molecule has 0 aliphatic heterocycles. The van der Waals surface area contributed by atoms with Crippen molar-refractivity contribution in [3.8, 4) is 0 Å². The summed E-state index contributed by atoms with van der Waals surface area (Å²) in [6.07, 6.45) is 16.6. The first-order valence-corrected chi connectivity index (χ1v) is 24.5. The number of unbranched alkanes of at least 4 members (excludes halogenated alkanes) is 9. The number of nitrogens with zero attached hydrogens (tertiary/aromatic N) is 6. The molecule has 9 heteroatoms. The van der Waals surface area contributed by atoms with Crippen LogP contribution in [0.25, 0.3) is 0 Å². The van der Waals surface area contributed by atoms with Gasteiger partial charge in [0.2, 0.25) is 0 Å². The Bertz CT molecular complexity index is 925. The van der Waals surface area contributed by atoms with Crippen molar-refractivity contribution in [1.82, 2.24) is 14.7 Å². The van der Waals surface area contributed by atoms with Crippen LogP contribution in [0.1, 0.15) is 152 Å². The first-order valence-electron chi connectivity index (χ1n) is 24.5. The van der Waals surface area contributed by atoms with Crippen molar-refractivity contribution < 1.29 is 28.8 Å². The molecule has 0 radical (unpaired) electrons. The third kappa shape index (κ3) is 26.6. The van der Waals surface area contributed by atoms with Crippen molar-refractivity contribution in [1.29, 1.82) is 0 Å². The molecule has 0 aliphatic rings.